The van der Waals surface area contributed by atoms with E-state index in [9.17, 15) is 44.1 Å². The number of carbonyl (C=O) groups excluding carboxylic acids is 1. The van der Waals surface area contributed by atoms with Gasteiger partial charge >= 0.3 is 15.6 Å². The molecule has 1 aromatic heterocycles. The number of ether oxygens (including phenoxy) is 1. The highest BCUT2D eigenvalue weighted by Crippen LogP contribution is 2.61. The average molecular weight is 489 g/mol. The van der Waals surface area contributed by atoms with Crippen molar-refractivity contribution in [2.24, 2.45) is 0 Å². The molecule has 0 bridgehead atoms. The molecule has 1 aliphatic rings. The Morgan fingerprint density at radius 2 is 1.81 bits per heavy atom. The van der Waals surface area contributed by atoms with Crippen molar-refractivity contribution < 1.29 is 67.3 Å². The zero-order valence-corrected chi connectivity index (χ0v) is 17.6. The third kappa shape index (κ3) is 6.35. The molecule has 17 heteroatoms. The van der Waals surface area contributed by atoms with Gasteiger partial charge in [0.1, 0.15) is 30.2 Å². The van der Waals surface area contributed by atoms with Gasteiger partial charge in [-0.2, -0.15) is 4.31 Å². The highest BCUT2D eigenvalue weighted by molar-refractivity contribution is 7.61. The summed E-state index contributed by atoms with van der Waals surface area (Å²) in [6.07, 6.45) is -8.13. The second kappa shape index (κ2) is 10.1. The Kier molecular flexibility index (Phi) is 8.44. The molecule has 7 atom stereocenters. The van der Waals surface area contributed by atoms with Gasteiger partial charge in [-0.15, -0.1) is 0 Å². The number of nitrogens with zero attached hydrogens (tertiary/aromatic N) is 1. The Morgan fingerprint density at radius 1 is 1.16 bits per heavy atom. The number of aldehydes is 1. The topological polar surface area (TPSA) is 243 Å². The number of aryl methyl sites for hydroxylation is 1. The molecule has 0 aliphatic carbocycles. The highest BCUT2D eigenvalue weighted by Gasteiger charge is 2.48. The number of aromatic nitrogens is 1. The van der Waals surface area contributed by atoms with Crippen molar-refractivity contribution >= 4 is 21.9 Å². The second-order valence-corrected chi connectivity index (χ2v) is 9.34. The fourth-order valence-electron chi connectivity index (χ4n) is 2.51. The Hall–Kier alpha value is -1.32. The van der Waals surface area contributed by atoms with Crippen LogP contribution in [0.25, 0.3) is 0 Å². The molecule has 15 nitrogen and oxygen atoms in total. The minimum absolute atomic E-state index is 0.0991. The van der Waals surface area contributed by atoms with E-state index in [-0.39, 0.29) is 23.1 Å². The van der Waals surface area contributed by atoms with E-state index in [2.05, 4.69) is 18.3 Å². The third-order valence-corrected chi connectivity index (χ3v) is 6.73. The van der Waals surface area contributed by atoms with E-state index in [0.717, 1.165) is 6.20 Å². The summed E-state index contributed by atoms with van der Waals surface area (Å²) in [5.41, 5.74) is -0.335. The normalized spacial score (nSPS) is 30.4. The van der Waals surface area contributed by atoms with Crippen molar-refractivity contribution in [3.8, 4) is 5.75 Å². The first-order valence-electron chi connectivity index (χ1n) is 8.45. The summed E-state index contributed by atoms with van der Waals surface area (Å²) in [4.78, 5) is 34.2. The summed E-state index contributed by atoms with van der Waals surface area (Å²) in [6, 6.07) is 0. The van der Waals surface area contributed by atoms with Crippen LogP contribution in [0.15, 0.2) is 6.20 Å². The van der Waals surface area contributed by atoms with Crippen LogP contribution in [0.1, 0.15) is 21.6 Å². The summed E-state index contributed by atoms with van der Waals surface area (Å²) < 4.78 is 41.9. The smallest absolute Gasteiger partial charge is 0.483 e. The maximum atomic E-state index is 12.1. The maximum Gasteiger partial charge on any atom is 0.483 e. The summed E-state index contributed by atoms with van der Waals surface area (Å²) >= 11 is 0. The molecule has 0 amide bonds. The van der Waals surface area contributed by atoms with Gasteiger partial charge in [-0.05, 0) is 6.92 Å². The lowest BCUT2D eigenvalue weighted by Crippen LogP contribution is -2.58. The van der Waals surface area contributed by atoms with E-state index in [1.54, 1.807) is 0 Å². The van der Waals surface area contributed by atoms with Gasteiger partial charge in [-0.25, -0.2) is 9.13 Å². The van der Waals surface area contributed by atoms with Crippen LogP contribution in [0.5, 0.6) is 5.75 Å². The number of rotatable bonds is 9. The van der Waals surface area contributed by atoms with Crippen molar-refractivity contribution in [3.05, 3.63) is 23.0 Å². The van der Waals surface area contributed by atoms with Gasteiger partial charge in [0.15, 0.2) is 12.6 Å². The molecule has 1 aromatic rings. The third-order valence-electron chi connectivity index (χ3n) is 4.15. The van der Waals surface area contributed by atoms with E-state index in [4.69, 9.17) is 9.84 Å². The van der Waals surface area contributed by atoms with Crippen molar-refractivity contribution in [2.75, 3.05) is 6.61 Å². The lowest BCUT2D eigenvalue weighted by Gasteiger charge is -2.39. The molecule has 0 saturated carbocycles. The van der Waals surface area contributed by atoms with Gasteiger partial charge in [-0.1, -0.05) is 0 Å². The van der Waals surface area contributed by atoms with E-state index in [1.165, 1.54) is 6.92 Å². The summed E-state index contributed by atoms with van der Waals surface area (Å²) in [5, 5.41) is 47.9. The van der Waals surface area contributed by atoms with Crippen LogP contribution >= 0.6 is 15.6 Å². The first-order chi connectivity index (χ1) is 14.3. The number of hydrogen-bond acceptors (Lipinski definition) is 13. The molecule has 7 N–H and O–H groups in total. The number of phosphoric acid groups is 2. The Bertz CT molecular complexity index is 894. The minimum atomic E-state index is -5.49. The molecule has 2 unspecified atom stereocenters. The van der Waals surface area contributed by atoms with E-state index < -0.39 is 65.3 Å². The largest absolute Gasteiger partial charge is 0.505 e. The Labute approximate surface area is 174 Å². The predicted octanol–water partition coefficient (Wildman–Crippen LogP) is -1.54. The van der Waals surface area contributed by atoms with E-state index in [0.29, 0.717) is 0 Å². The van der Waals surface area contributed by atoms with Gasteiger partial charge in [0.05, 0.1) is 24.5 Å². The molecular formula is C14H21NO14P2. The molecule has 31 heavy (non-hydrogen) atoms. The van der Waals surface area contributed by atoms with E-state index in [1.807, 2.05) is 0 Å². The van der Waals surface area contributed by atoms with Crippen molar-refractivity contribution in [1.82, 2.24) is 4.98 Å². The number of aliphatic hydroxyl groups excluding tert-OH is 4. The number of aromatic hydroxyl groups is 1. The fraction of sp³-hybridized carbons (Fsp3) is 0.571. The van der Waals surface area contributed by atoms with Crippen LogP contribution < -0.4 is 0 Å². The zero-order valence-electron chi connectivity index (χ0n) is 15.8. The quantitative estimate of drug-likeness (QED) is 0.153. The van der Waals surface area contributed by atoms with Gasteiger partial charge < -0.3 is 40.1 Å². The molecule has 1 aliphatic heterocycles. The average Bonchev–Trinajstić information content (AvgIpc) is 2.68. The molecule has 1 fully saturated rings. The number of phosphoric ester groups is 2. The van der Waals surface area contributed by atoms with Gasteiger partial charge in [-0.3, -0.25) is 18.8 Å². The van der Waals surface area contributed by atoms with Crippen LogP contribution in [0, 0.1) is 6.92 Å². The molecule has 1 saturated heterocycles. The lowest BCUT2D eigenvalue weighted by molar-refractivity contribution is -0.280. The first-order valence-corrected chi connectivity index (χ1v) is 11.4. The van der Waals surface area contributed by atoms with Gasteiger partial charge in [0, 0.05) is 11.8 Å². The molecular weight excluding hydrogens is 468 g/mol. The number of carbonyl (C=O) groups is 1. The summed E-state index contributed by atoms with van der Waals surface area (Å²) in [5.74, 6) is -0.497. The van der Waals surface area contributed by atoms with Gasteiger partial charge in [0.25, 0.3) is 0 Å². The zero-order chi connectivity index (χ0) is 23.6. The summed E-state index contributed by atoms with van der Waals surface area (Å²) in [7, 11) is -10.8. The highest BCUT2D eigenvalue weighted by atomic mass is 31.3. The monoisotopic (exact) mass is 489 g/mol. The first kappa shape index (κ1) is 25.9. The van der Waals surface area contributed by atoms with Crippen LogP contribution in [0.2, 0.25) is 0 Å². The molecule has 176 valence electrons. The molecule has 2 rings (SSSR count). The second-order valence-electron chi connectivity index (χ2n) is 6.34. The van der Waals surface area contributed by atoms with Crippen molar-refractivity contribution in [1.29, 1.82) is 0 Å². The number of aliphatic hydroxyl groups is 4. The van der Waals surface area contributed by atoms with Gasteiger partial charge in [0.2, 0.25) is 0 Å². The minimum Gasteiger partial charge on any atom is -0.505 e. The lowest BCUT2D eigenvalue weighted by atomic mass is 10.00. The predicted molar refractivity (Wildman–Crippen MR) is 96.4 cm³/mol. The SMILES string of the molecule is Cc1ncc(COP(=O)(O)OP(=O)(O)O[C@H]2O[C@H](CO)[C@H](O)[C@H](O)[C@H]2O)c(C=O)c1O. The van der Waals surface area contributed by atoms with Crippen LogP contribution in [0.4, 0.5) is 0 Å². The Morgan fingerprint density at radius 3 is 2.39 bits per heavy atom. The molecule has 0 aromatic carbocycles. The Balaban J connectivity index is 2.06. The number of hydrogen-bond donors (Lipinski definition) is 7. The summed E-state index contributed by atoms with van der Waals surface area (Å²) in [6.45, 7) is -0.312. The van der Waals surface area contributed by atoms with Crippen LogP contribution in [0.3, 0.4) is 0 Å². The van der Waals surface area contributed by atoms with Crippen LogP contribution in [-0.2, 0) is 33.8 Å². The molecule has 2 heterocycles. The van der Waals surface area contributed by atoms with Crippen molar-refractivity contribution in [3.63, 3.8) is 0 Å². The van der Waals surface area contributed by atoms with Crippen LogP contribution in [-0.4, -0.2) is 83.9 Å². The maximum absolute atomic E-state index is 12.1. The fourth-order valence-corrected chi connectivity index (χ4v) is 4.63. The number of pyridine rings is 1. The van der Waals surface area contributed by atoms with Crippen molar-refractivity contribution in [2.45, 2.75) is 44.2 Å². The van der Waals surface area contributed by atoms with E-state index >= 15 is 0 Å². The molecule has 0 spiro atoms. The molecule has 0 radical (unpaired) electrons. The standard InChI is InChI=1S/C14H21NO14P2/c1-6-10(18)8(3-16)7(2-15-6)5-26-30(22,23)29-31(24,25)28-14-13(21)12(20)11(19)9(4-17)27-14/h2-3,9,11-14,17-21H,4-5H2,1H3,(H,22,23)(H,24,25)/t9-,11+,12+,13-,14-/m1/s1.